The van der Waals surface area contributed by atoms with E-state index in [0.717, 1.165) is 23.3 Å². The van der Waals surface area contributed by atoms with Gasteiger partial charge in [0, 0.05) is 11.4 Å². The summed E-state index contributed by atoms with van der Waals surface area (Å²) in [6.45, 7) is 0.0484. The van der Waals surface area contributed by atoms with Gasteiger partial charge in [-0.3, -0.25) is 9.59 Å². The molecule has 0 fully saturated rings. The van der Waals surface area contributed by atoms with Crippen LogP contribution in [0.25, 0.3) is 0 Å². The number of aryl methyl sites for hydroxylation is 1. The van der Waals surface area contributed by atoms with Gasteiger partial charge in [-0.05, 0) is 34.7 Å². The van der Waals surface area contributed by atoms with Crippen molar-refractivity contribution < 1.29 is 14.7 Å². The number of nitrogens with zero attached hydrogens (tertiary/aromatic N) is 1. The van der Waals surface area contributed by atoms with E-state index in [2.05, 4.69) is 0 Å². The van der Waals surface area contributed by atoms with E-state index >= 15 is 0 Å². The number of hydrogen-bond acceptors (Lipinski definition) is 4. The summed E-state index contributed by atoms with van der Waals surface area (Å²) in [7, 11) is 0. The van der Waals surface area contributed by atoms with Gasteiger partial charge in [0.2, 0.25) is 5.91 Å². The zero-order chi connectivity index (χ0) is 16.2. The maximum atomic E-state index is 12.9. The minimum atomic E-state index is -0.986. The summed E-state index contributed by atoms with van der Waals surface area (Å²) < 4.78 is 0. The SMILES string of the molecule is O=C(O)CN(Cc1ccccc1)C(=O)C1SCCc2sccc21. The molecule has 0 radical (unpaired) electrons. The second-order valence-electron chi connectivity index (χ2n) is 5.37. The number of amides is 1. The molecule has 1 unspecified atom stereocenters. The van der Waals surface area contributed by atoms with Crippen molar-refractivity contribution in [1.29, 1.82) is 0 Å². The largest absolute Gasteiger partial charge is 0.480 e. The second-order valence-corrected chi connectivity index (χ2v) is 7.59. The Kier molecular flexibility index (Phi) is 5.03. The fourth-order valence-corrected chi connectivity index (χ4v) is 5.07. The number of thioether (sulfide) groups is 1. The molecule has 1 atom stereocenters. The van der Waals surface area contributed by atoms with Crippen LogP contribution in [-0.2, 0) is 22.6 Å². The van der Waals surface area contributed by atoms with E-state index in [0.29, 0.717) is 6.54 Å². The highest BCUT2D eigenvalue weighted by Gasteiger charge is 2.32. The van der Waals surface area contributed by atoms with E-state index in [4.69, 9.17) is 5.11 Å². The monoisotopic (exact) mass is 347 g/mol. The summed E-state index contributed by atoms with van der Waals surface area (Å²) in [4.78, 5) is 26.8. The number of aliphatic carboxylic acids is 1. The highest BCUT2D eigenvalue weighted by atomic mass is 32.2. The van der Waals surface area contributed by atoms with E-state index in [1.165, 1.54) is 9.78 Å². The number of carboxylic acids is 1. The fraction of sp³-hybridized carbons (Fsp3) is 0.294. The first-order valence-electron chi connectivity index (χ1n) is 7.37. The molecule has 6 heteroatoms. The maximum absolute atomic E-state index is 12.9. The summed E-state index contributed by atoms with van der Waals surface area (Å²) in [6, 6.07) is 11.5. The number of rotatable bonds is 5. The highest BCUT2D eigenvalue weighted by molar-refractivity contribution is 8.00. The molecule has 0 saturated heterocycles. The lowest BCUT2D eigenvalue weighted by Crippen LogP contribution is -2.38. The average Bonchev–Trinajstić information content (AvgIpc) is 3.02. The Bertz CT molecular complexity index is 699. The topological polar surface area (TPSA) is 57.6 Å². The van der Waals surface area contributed by atoms with Crippen molar-refractivity contribution in [2.45, 2.75) is 18.2 Å². The molecule has 3 rings (SSSR count). The molecule has 0 aliphatic carbocycles. The molecule has 0 bridgehead atoms. The minimum Gasteiger partial charge on any atom is -0.480 e. The molecule has 0 spiro atoms. The van der Waals surface area contributed by atoms with Crippen LogP contribution in [0.3, 0.4) is 0 Å². The van der Waals surface area contributed by atoms with Crippen LogP contribution in [0.1, 0.15) is 21.3 Å². The standard InChI is InChI=1S/C17H17NO3S2/c19-15(20)11-18(10-12-4-2-1-3-5-12)17(21)16-13-6-8-22-14(13)7-9-23-16/h1-6,8,16H,7,9-11H2,(H,19,20). The number of benzene rings is 1. The molecule has 1 N–H and O–H groups in total. The van der Waals surface area contributed by atoms with Crippen LogP contribution in [0.4, 0.5) is 0 Å². The molecule has 120 valence electrons. The van der Waals surface area contributed by atoms with Crippen molar-refractivity contribution in [2.75, 3.05) is 12.3 Å². The number of carbonyl (C=O) groups is 2. The van der Waals surface area contributed by atoms with E-state index in [1.54, 1.807) is 23.1 Å². The molecule has 23 heavy (non-hydrogen) atoms. The lowest BCUT2D eigenvalue weighted by molar-refractivity contribution is -0.144. The molecule has 0 saturated carbocycles. The van der Waals surface area contributed by atoms with Crippen LogP contribution < -0.4 is 0 Å². The van der Waals surface area contributed by atoms with Gasteiger partial charge >= 0.3 is 5.97 Å². The Hall–Kier alpha value is -1.79. The van der Waals surface area contributed by atoms with Gasteiger partial charge in [-0.1, -0.05) is 30.3 Å². The lowest BCUT2D eigenvalue weighted by atomic mass is 10.1. The molecule has 1 amide bonds. The van der Waals surface area contributed by atoms with E-state index < -0.39 is 5.97 Å². The minimum absolute atomic E-state index is 0.111. The number of hydrogen-bond donors (Lipinski definition) is 1. The quantitative estimate of drug-likeness (QED) is 0.902. The third-order valence-electron chi connectivity index (χ3n) is 3.75. The smallest absolute Gasteiger partial charge is 0.323 e. The molecule has 1 aliphatic rings. The van der Waals surface area contributed by atoms with Crippen molar-refractivity contribution in [3.8, 4) is 0 Å². The second kappa shape index (κ2) is 7.19. The van der Waals surface area contributed by atoms with Crippen molar-refractivity contribution in [3.05, 3.63) is 57.8 Å². The Balaban J connectivity index is 1.82. The summed E-state index contributed by atoms with van der Waals surface area (Å²) >= 11 is 3.28. The van der Waals surface area contributed by atoms with Crippen molar-refractivity contribution >= 4 is 35.0 Å². The van der Waals surface area contributed by atoms with Crippen LogP contribution in [-0.4, -0.2) is 34.2 Å². The Morgan fingerprint density at radius 2 is 2.00 bits per heavy atom. The van der Waals surface area contributed by atoms with Gasteiger partial charge in [-0.25, -0.2) is 0 Å². The molecule has 1 aromatic heterocycles. The Morgan fingerprint density at radius 1 is 1.22 bits per heavy atom. The molecule has 2 aromatic rings. The van der Waals surface area contributed by atoms with Crippen LogP contribution in [0, 0.1) is 0 Å². The van der Waals surface area contributed by atoms with Crippen LogP contribution in [0.5, 0.6) is 0 Å². The molecule has 2 heterocycles. The van der Waals surface area contributed by atoms with Crippen molar-refractivity contribution in [1.82, 2.24) is 4.90 Å². The van der Waals surface area contributed by atoms with Gasteiger partial charge in [0.1, 0.15) is 11.8 Å². The molecule has 4 nitrogen and oxygen atoms in total. The Labute approximate surface area is 143 Å². The normalized spacial score (nSPS) is 16.6. The summed E-state index contributed by atoms with van der Waals surface area (Å²) in [5.41, 5.74) is 1.99. The lowest BCUT2D eigenvalue weighted by Gasteiger charge is -2.28. The predicted octanol–water partition coefficient (Wildman–Crippen LogP) is 3.19. The zero-order valence-corrected chi connectivity index (χ0v) is 14.1. The van der Waals surface area contributed by atoms with Gasteiger partial charge in [0.15, 0.2) is 0 Å². The first kappa shape index (κ1) is 16.1. The number of carbonyl (C=O) groups excluding carboxylic acids is 1. The van der Waals surface area contributed by atoms with Crippen LogP contribution >= 0.6 is 23.1 Å². The maximum Gasteiger partial charge on any atom is 0.323 e. The zero-order valence-electron chi connectivity index (χ0n) is 12.5. The predicted molar refractivity (Wildman–Crippen MR) is 92.7 cm³/mol. The van der Waals surface area contributed by atoms with Crippen LogP contribution in [0.15, 0.2) is 41.8 Å². The van der Waals surface area contributed by atoms with E-state index in [-0.39, 0.29) is 17.7 Å². The summed E-state index contributed by atoms with van der Waals surface area (Å²) in [5, 5.41) is 10.9. The van der Waals surface area contributed by atoms with Gasteiger partial charge in [0.25, 0.3) is 0 Å². The Morgan fingerprint density at radius 3 is 2.74 bits per heavy atom. The molecule has 1 aliphatic heterocycles. The van der Waals surface area contributed by atoms with Gasteiger partial charge in [0.05, 0.1) is 0 Å². The molecular weight excluding hydrogens is 330 g/mol. The third-order valence-corrected chi connectivity index (χ3v) is 5.98. The van der Waals surface area contributed by atoms with Crippen molar-refractivity contribution in [3.63, 3.8) is 0 Å². The highest BCUT2D eigenvalue weighted by Crippen LogP contribution is 2.40. The summed E-state index contributed by atoms with van der Waals surface area (Å²) in [6.07, 6.45) is 0.985. The van der Waals surface area contributed by atoms with Gasteiger partial charge in [-0.2, -0.15) is 0 Å². The van der Waals surface area contributed by atoms with Crippen LogP contribution in [0.2, 0.25) is 0 Å². The first-order valence-corrected chi connectivity index (χ1v) is 9.30. The molecular formula is C17H17NO3S2. The fourth-order valence-electron chi connectivity index (χ4n) is 2.70. The summed E-state index contributed by atoms with van der Waals surface area (Å²) in [5.74, 6) is -0.197. The third kappa shape index (κ3) is 3.76. The van der Waals surface area contributed by atoms with E-state index in [1.807, 2.05) is 41.8 Å². The number of fused-ring (bicyclic) bond motifs is 1. The first-order chi connectivity index (χ1) is 11.1. The van der Waals surface area contributed by atoms with E-state index in [9.17, 15) is 9.59 Å². The van der Waals surface area contributed by atoms with Gasteiger partial charge < -0.3 is 10.0 Å². The number of carboxylic acid groups (broad SMARTS) is 1. The molecule has 1 aromatic carbocycles. The van der Waals surface area contributed by atoms with Crippen molar-refractivity contribution in [2.24, 2.45) is 0 Å². The average molecular weight is 347 g/mol. The number of thiophene rings is 1. The van der Waals surface area contributed by atoms with Gasteiger partial charge in [-0.15, -0.1) is 23.1 Å².